The maximum Gasteiger partial charge on any atom is 0.330 e. The molecule has 0 aliphatic carbocycles. The largest absolute Gasteiger partial charge is 0.379 e. The summed E-state index contributed by atoms with van der Waals surface area (Å²) in [5.74, 6) is -0.608. The zero-order chi connectivity index (χ0) is 12.1. The Morgan fingerprint density at radius 2 is 2.06 bits per heavy atom. The maximum atomic E-state index is 11.3. The minimum atomic E-state index is -0.658. The summed E-state index contributed by atoms with van der Waals surface area (Å²) in [6, 6.07) is -0.658. The zero-order valence-corrected chi connectivity index (χ0v) is 9.49. The highest BCUT2D eigenvalue weighted by atomic mass is 16.5. The van der Waals surface area contributed by atoms with Crippen molar-refractivity contribution in [2.45, 2.75) is 20.3 Å². The first-order valence-electron chi connectivity index (χ1n) is 5.22. The summed E-state index contributed by atoms with van der Waals surface area (Å²) in [7, 11) is 0. The molecule has 1 rings (SSSR count). The second kappa shape index (κ2) is 5.60. The van der Waals surface area contributed by atoms with E-state index in [-0.39, 0.29) is 13.0 Å². The van der Waals surface area contributed by atoms with E-state index in [4.69, 9.17) is 4.74 Å². The van der Waals surface area contributed by atoms with Gasteiger partial charge in [0.1, 0.15) is 6.42 Å². The Bertz CT molecular complexity index is 281. The van der Waals surface area contributed by atoms with Gasteiger partial charge in [-0.15, -0.1) is 0 Å². The first-order chi connectivity index (χ1) is 7.50. The summed E-state index contributed by atoms with van der Waals surface area (Å²) in [6.45, 7) is 5.09. The van der Waals surface area contributed by atoms with Gasteiger partial charge in [-0.1, -0.05) is 13.8 Å². The lowest BCUT2D eigenvalue weighted by Gasteiger charge is -2.24. The third-order valence-electron chi connectivity index (χ3n) is 2.01. The van der Waals surface area contributed by atoms with E-state index >= 15 is 0 Å². The van der Waals surface area contributed by atoms with Gasteiger partial charge < -0.3 is 4.74 Å². The van der Waals surface area contributed by atoms with Crippen LogP contribution in [0.25, 0.3) is 0 Å². The van der Waals surface area contributed by atoms with Crippen LogP contribution in [0, 0.1) is 5.92 Å². The van der Waals surface area contributed by atoms with Gasteiger partial charge in [0.15, 0.2) is 0 Å². The first kappa shape index (κ1) is 12.6. The average Bonchev–Trinajstić information content (AvgIpc) is 2.14. The number of nitrogens with one attached hydrogen (secondary N) is 1. The molecule has 0 bridgehead atoms. The fourth-order valence-electron chi connectivity index (χ4n) is 1.28. The van der Waals surface area contributed by atoms with Crippen molar-refractivity contribution in [2.24, 2.45) is 5.92 Å². The fourth-order valence-corrected chi connectivity index (χ4v) is 1.28. The van der Waals surface area contributed by atoms with Crippen LogP contribution in [0.5, 0.6) is 0 Å². The van der Waals surface area contributed by atoms with Crippen LogP contribution < -0.4 is 5.32 Å². The predicted octanol–water partition coefficient (Wildman–Crippen LogP) is 0.128. The zero-order valence-electron chi connectivity index (χ0n) is 9.49. The lowest BCUT2D eigenvalue weighted by atomic mass is 10.2. The van der Waals surface area contributed by atoms with Crippen molar-refractivity contribution in [3.63, 3.8) is 0 Å². The van der Waals surface area contributed by atoms with E-state index in [9.17, 15) is 14.4 Å². The van der Waals surface area contributed by atoms with Crippen LogP contribution in [0.3, 0.4) is 0 Å². The third-order valence-corrected chi connectivity index (χ3v) is 2.01. The van der Waals surface area contributed by atoms with Crippen LogP contribution >= 0.6 is 0 Å². The Hall–Kier alpha value is -1.43. The molecule has 0 aromatic rings. The molecule has 6 heteroatoms. The summed E-state index contributed by atoms with van der Waals surface area (Å²) in [5.41, 5.74) is 0. The van der Waals surface area contributed by atoms with Crippen LogP contribution in [0.15, 0.2) is 0 Å². The molecule has 1 fully saturated rings. The van der Waals surface area contributed by atoms with Crippen molar-refractivity contribution in [2.75, 3.05) is 19.8 Å². The number of ether oxygens (including phenoxy) is 1. The number of barbiturate groups is 1. The molecule has 0 spiro atoms. The van der Waals surface area contributed by atoms with Gasteiger partial charge in [0.25, 0.3) is 0 Å². The van der Waals surface area contributed by atoms with E-state index in [2.05, 4.69) is 5.32 Å². The van der Waals surface area contributed by atoms with Crippen molar-refractivity contribution in [1.29, 1.82) is 0 Å². The number of urea groups is 1. The molecule has 1 saturated heterocycles. The molecule has 6 nitrogen and oxygen atoms in total. The summed E-state index contributed by atoms with van der Waals surface area (Å²) in [5, 5.41) is 2.08. The normalized spacial score (nSPS) is 16.9. The van der Waals surface area contributed by atoms with E-state index in [1.165, 1.54) is 0 Å². The highest BCUT2D eigenvalue weighted by Gasteiger charge is 2.30. The van der Waals surface area contributed by atoms with Gasteiger partial charge in [-0.25, -0.2) is 4.79 Å². The van der Waals surface area contributed by atoms with E-state index in [1.807, 2.05) is 13.8 Å². The Labute approximate surface area is 93.9 Å². The van der Waals surface area contributed by atoms with Crippen molar-refractivity contribution in [1.82, 2.24) is 10.2 Å². The lowest BCUT2D eigenvalue weighted by Crippen LogP contribution is -2.53. The van der Waals surface area contributed by atoms with Crippen molar-refractivity contribution in [3.05, 3.63) is 0 Å². The Balaban J connectivity index is 2.33. The molecular weight excluding hydrogens is 212 g/mol. The number of hydrogen-bond acceptors (Lipinski definition) is 4. The molecule has 0 aromatic heterocycles. The molecule has 0 radical (unpaired) electrons. The van der Waals surface area contributed by atoms with E-state index < -0.39 is 17.8 Å². The lowest BCUT2D eigenvalue weighted by molar-refractivity contribution is -0.136. The van der Waals surface area contributed by atoms with Gasteiger partial charge in [-0.3, -0.25) is 19.8 Å². The first-order valence-corrected chi connectivity index (χ1v) is 5.22. The number of imide groups is 2. The topological polar surface area (TPSA) is 75.7 Å². The molecular formula is C10H16N2O4. The number of nitrogens with zero attached hydrogens (tertiary/aromatic N) is 1. The van der Waals surface area contributed by atoms with Gasteiger partial charge in [0.2, 0.25) is 11.8 Å². The molecule has 1 N–H and O–H groups in total. The molecule has 0 saturated carbocycles. The average molecular weight is 228 g/mol. The number of rotatable bonds is 5. The van der Waals surface area contributed by atoms with Gasteiger partial charge in [0, 0.05) is 6.61 Å². The quantitative estimate of drug-likeness (QED) is 0.536. The van der Waals surface area contributed by atoms with Gasteiger partial charge >= 0.3 is 6.03 Å². The number of carbonyl (C=O) groups is 3. The fraction of sp³-hybridized carbons (Fsp3) is 0.700. The summed E-state index contributed by atoms with van der Waals surface area (Å²) < 4.78 is 5.26. The van der Waals surface area contributed by atoms with Crippen LogP contribution in [0.4, 0.5) is 4.79 Å². The highest BCUT2D eigenvalue weighted by Crippen LogP contribution is 2.02. The standard InChI is InChI=1S/C10H16N2O4/c1-7(2)6-16-4-3-12-9(14)5-8(13)11-10(12)15/h7H,3-6H2,1-2H3,(H,11,13,15). The van der Waals surface area contributed by atoms with Crippen molar-refractivity contribution < 1.29 is 19.1 Å². The molecule has 4 amide bonds. The minimum absolute atomic E-state index is 0.185. The second-order valence-corrected chi connectivity index (χ2v) is 4.04. The number of amides is 4. The Kier molecular flexibility index (Phi) is 4.42. The van der Waals surface area contributed by atoms with Gasteiger partial charge in [-0.2, -0.15) is 0 Å². The minimum Gasteiger partial charge on any atom is -0.379 e. The number of carbonyl (C=O) groups excluding carboxylic acids is 3. The predicted molar refractivity (Wildman–Crippen MR) is 55.5 cm³/mol. The van der Waals surface area contributed by atoms with Crippen LogP contribution in [0.2, 0.25) is 0 Å². The SMILES string of the molecule is CC(C)COCCN1C(=O)CC(=O)NC1=O. The molecule has 90 valence electrons. The Morgan fingerprint density at radius 3 is 2.62 bits per heavy atom. The van der Waals surface area contributed by atoms with Crippen molar-refractivity contribution >= 4 is 17.8 Å². The number of hydrogen-bond donors (Lipinski definition) is 1. The van der Waals surface area contributed by atoms with Gasteiger partial charge in [0.05, 0.1) is 13.2 Å². The molecule has 16 heavy (non-hydrogen) atoms. The van der Waals surface area contributed by atoms with Gasteiger partial charge in [-0.05, 0) is 5.92 Å². The van der Waals surface area contributed by atoms with Crippen LogP contribution in [0.1, 0.15) is 20.3 Å². The smallest absolute Gasteiger partial charge is 0.330 e. The molecule has 0 unspecified atom stereocenters. The third kappa shape index (κ3) is 3.62. The van der Waals surface area contributed by atoms with E-state index in [0.29, 0.717) is 19.1 Å². The monoisotopic (exact) mass is 228 g/mol. The molecule has 1 heterocycles. The molecule has 1 aliphatic rings. The second-order valence-electron chi connectivity index (χ2n) is 4.04. The van der Waals surface area contributed by atoms with Crippen molar-refractivity contribution in [3.8, 4) is 0 Å². The van der Waals surface area contributed by atoms with E-state index in [1.54, 1.807) is 0 Å². The molecule has 0 aromatic carbocycles. The molecule has 1 aliphatic heterocycles. The highest BCUT2D eigenvalue weighted by molar-refractivity contribution is 6.14. The molecule has 0 atom stereocenters. The maximum absolute atomic E-state index is 11.3. The Morgan fingerprint density at radius 1 is 1.38 bits per heavy atom. The summed E-state index contributed by atoms with van der Waals surface area (Å²) in [4.78, 5) is 34.4. The van der Waals surface area contributed by atoms with Crippen LogP contribution in [-0.4, -0.2) is 42.5 Å². The summed E-state index contributed by atoms with van der Waals surface area (Å²) >= 11 is 0. The summed E-state index contributed by atoms with van der Waals surface area (Å²) in [6.07, 6.45) is -0.268. The van der Waals surface area contributed by atoms with E-state index in [0.717, 1.165) is 4.90 Å². The van der Waals surface area contributed by atoms with Crippen LogP contribution in [-0.2, 0) is 14.3 Å².